The molecule has 5 heteroatoms. The van der Waals surface area contributed by atoms with Gasteiger partial charge in [-0.2, -0.15) is 0 Å². The molecule has 4 nitrogen and oxygen atoms in total. The number of ketones is 2. The zero-order valence-electron chi connectivity index (χ0n) is 17.9. The van der Waals surface area contributed by atoms with E-state index in [1.165, 1.54) is 13.8 Å². The van der Waals surface area contributed by atoms with Crippen LogP contribution >= 0.6 is 0 Å². The molecule has 2 heterocycles. The molecule has 4 aromatic rings. The van der Waals surface area contributed by atoms with E-state index in [0.717, 1.165) is 28.9 Å². The Bertz CT molecular complexity index is 880. The first-order valence-electron chi connectivity index (χ1n) is 9.68. The molecule has 4 rings (SSSR count). The Labute approximate surface area is 203 Å². The summed E-state index contributed by atoms with van der Waals surface area (Å²) in [6.07, 6.45) is 4.63. The summed E-state index contributed by atoms with van der Waals surface area (Å²) in [5.74, 6) is -0.375. The molecular weight excluding hydrogens is 577 g/mol. The standard InChI is InChI=1S/2C11H8N.C5H7O2.Ir/c2*1-2-6-10(7-3-1)11-8-4-5-9-12-11;1-4(6)3-5(2)7;/h2*1-6,8-9H;3H,1-2H3;/q3*-1;+3. The first-order valence-corrected chi connectivity index (χ1v) is 9.68. The average molecular weight is 600 g/mol. The summed E-state index contributed by atoms with van der Waals surface area (Å²) in [4.78, 5) is 28.4. The summed E-state index contributed by atoms with van der Waals surface area (Å²) in [7, 11) is 0. The fourth-order valence-electron chi connectivity index (χ4n) is 2.44. The van der Waals surface area contributed by atoms with E-state index in [4.69, 9.17) is 0 Å². The van der Waals surface area contributed by atoms with Crippen LogP contribution in [-0.4, -0.2) is 21.5 Å². The molecule has 0 radical (unpaired) electrons. The molecule has 0 aliphatic heterocycles. The van der Waals surface area contributed by atoms with Crippen molar-refractivity contribution in [3.63, 3.8) is 0 Å². The summed E-state index contributed by atoms with van der Waals surface area (Å²) in [6.45, 7) is 2.70. The van der Waals surface area contributed by atoms with Crippen LogP contribution in [-0.2, 0) is 29.7 Å². The van der Waals surface area contributed by atoms with E-state index in [1.807, 2.05) is 84.9 Å². The van der Waals surface area contributed by atoms with Gasteiger partial charge < -0.3 is 19.6 Å². The first-order chi connectivity index (χ1) is 15.1. The van der Waals surface area contributed by atoms with Crippen molar-refractivity contribution in [3.8, 4) is 22.5 Å². The number of rotatable bonds is 4. The molecule has 2 aromatic carbocycles. The molecular formula is C27H23IrN2O2. The molecule has 0 spiro atoms. The number of carbonyl (C=O) groups is 2. The van der Waals surface area contributed by atoms with Gasteiger partial charge >= 0.3 is 20.1 Å². The fraction of sp³-hybridized carbons (Fsp3) is 0.0741. The number of pyridine rings is 2. The smallest absolute Gasteiger partial charge is 0.334 e. The number of aromatic nitrogens is 2. The Kier molecular flexibility index (Phi) is 12.8. The summed E-state index contributed by atoms with van der Waals surface area (Å²) >= 11 is 0. The van der Waals surface area contributed by atoms with Crippen LogP contribution in [0.3, 0.4) is 0 Å². The second-order valence-electron chi connectivity index (χ2n) is 6.35. The van der Waals surface area contributed by atoms with Crippen molar-refractivity contribution in [1.29, 1.82) is 0 Å². The zero-order valence-corrected chi connectivity index (χ0v) is 20.3. The predicted octanol–water partition coefficient (Wildman–Crippen LogP) is 5.46. The molecule has 32 heavy (non-hydrogen) atoms. The van der Waals surface area contributed by atoms with Crippen molar-refractivity contribution in [2.24, 2.45) is 0 Å². The van der Waals surface area contributed by atoms with Crippen molar-refractivity contribution in [1.82, 2.24) is 9.97 Å². The molecule has 0 atom stereocenters. The Balaban J connectivity index is 0.000000246. The van der Waals surface area contributed by atoms with Crippen molar-refractivity contribution in [2.75, 3.05) is 0 Å². The number of hydrogen-bond donors (Lipinski definition) is 0. The van der Waals surface area contributed by atoms with Crippen LogP contribution in [0.4, 0.5) is 0 Å². The van der Waals surface area contributed by atoms with E-state index in [9.17, 15) is 9.59 Å². The summed E-state index contributed by atoms with van der Waals surface area (Å²) in [6, 6.07) is 33.6. The van der Waals surface area contributed by atoms with Crippen molar-refractivity contribution >= 4 is 11.6 Å². The maximum absolute atomic E-state index is 9.98. The number of nitrogens with zero attached hydrogens (tertiary/aromatic N) is 2. The third-order valence-electron chi connectivity index (χ3n) is 3.71. The van der Waals surface area contributed by atoms with Gasteiger partial charge in [0.1, 0.15) is 0 Å². The SMILES string of the molecule is CC(=O)[CH-]C(C)=O.[Ir+3].[c-]1ccccc1-c1ccccn1.[c-]1ccccc1-c1ccccn1. The van der Waals surface area contributed by atoms with Gasteiger partial charge in [0, 0.05) is 24.0 Å². The van der Waals surface area contributed by atoms with Gasteiger partial charge in [0.2, 0.25) is 0 Å². The van der Waals surface area contributed by atoms with Gasteiger partial charge in [0.15, 0.2) is 0 Å². The summed E-state index contributed by atoms with van der Waals surface area (Å²) in [5.41, 5.74) is 4.02. The van der Waals surface area contributed by atoms with Crippen LogP contribution in [0.2, 0.25) is 0 Å². The molecule has 0 N–H and O–H groups in total. The van der Waals surface area contributed by atoms with Crippen LogP contribution < -0.4 is 0 Å². The maximum Gasteiger partial charge on any atom is 3.00 e. The second-order valence-corrected chi connectivity index (χ2v) is 6.35. The van der Waals surface area contributed by atoms with Crippen molar-refractivity contribution in [3.05, 3.63) is 116 Å². The van der Waals surface area contributed by atoms with Gasteiger partial charge in [-0.3, -0.25) is 6.42 Å². The van der Waals surface area contributed by atoms with Crippen LogP contribution in [0, 0.1) is 18.6 Å². The largest absolute Gasteiger partial charge is 3.00 e. The minimum Gasteiger partial charge on any atom is -0.334 e. The van der Waals surface area contributed by atoms with E-state index in [2.05, 4.69) is 22.1 Å². The third kappa shape index (κ3) is 10.6. The van der Waals surface area contributed by atoms with Gasteiger partial charge in [0.25, 0.3) is 0 Å². The molecule has 0 saturated carbocycles. The molecule has 0 bridgehead atoms. The quantitative estimate of drug-likeness (QED) is 0.231. The zero-order chi connectivity index (χ0) is 22.3. The minimum absolute atomic E-state index is 0. The maximum atomic E-state index is 9.98. The van der Waals surface area contributed by atoms with Crippen molar-refractivity contribution in [2.45, 2.75) is 13.8 Å². The van der Waals surface area contributed by atoms with E-state index >= 15 is 0 Å². The van der Waals surface area contributed by atoms with Crippen LogP contribution in [0.1, 0.15) is 13.8 Å². The topological polar surface area (TPSA) is 59.9 Å². The van der Waals surface area contributed by atoms with Crippen LogP contribution in [0.25, 0.3) is 22.5 Å². The number of hydrogen-bond acceptors (Lipinski definition) is 4. The van der Waals surface area contributed by atoms with Gasteiger partial charge in [-0.1, -0.05) is 24.3 Å². The molecule has 0 amide bonds. The van der Waals surface area contributed by atoms with Gasteiger partial charge in [0.05, 0.1) is 0 Å². The Morgan fingerprint density at radius 1 is 0.656 bits per heavy atom. The first kappa shape index (κ1) is 26.6. The predicted molar refractivity (Wildman–Crippen MR) is 123 cm³/mol. The molecule has 162 valence electrons. The molecule has 2 aromatic heterocycles. The normalized spacial score (nSPS) is 8.94. The van der Waals surface area contributed by atoms with Crippen molar-refractivity contribution < 1.29 is 29.7 Å². The molecule has 0 saturated heterocycles. The average Bonchev–Trinajstić information content (AvgIpc) is 2.81. The Morgan fingerprint density at radius 3 is 1.31 bits per heavy atom. The number of benzene rings is 2. The van der Waals surface area contributed by atoms with E-state index < -0.39 is 0 Å². The van der Waals surface area contributed by atoms with Gasteiger partial charge in [-0.25, -0.2) is 0 Å². The molecule has 0 aliphatic rings. The van der Waals surface area contributed by atoms with E-state index in [-0.39, 0.29) is 31.7 Å². The summed E-state index contributed by atoms with van der Waals surface area (Å²) in [5, 5.41) is 0. The van der Waals surface area contributed by atoms with Crippen LogP contribution in [0.15, 0.2) is 97.3 Å². The minimum atomic E-state index is -0.187. The van der Waals surface area contributed by atoms with Gasteiger partial charge in [-0.15, -0.1) is 71.8 Å². The Morgan fingerprint density at radius 2 is 1.06 bits per heavy atom. The molecule has 0 aliphatic carbocycles. The molecule has 0 fully saturated rings. The summed E-state index contributed by atoms with van der Waals surface area (Å²) < 4.78 is 0. The monoisotopic (exact) mass is 600 g/mol. The molecule has 0 unspecified atom stereocenters. The third-order valence-corrected chi connectivity index (χ3v) is 3.71. The Hall–Kier alpha value is -3.40. The van der Waals surface area contributed by atoms with E-state index in [0.29, 0.717) is 0 Å². The fourth-order valence-corrected chi connectivity index (χ4v) is 2.44. The second kappa shape index (κ2) is 15.4. The number of carbonyl (C=O) groups excluding carboxylic acids is 2. The number of Topliss-reactive ketones (excluding diaryl/α,β-unsaturated/α-hetero) is 2. The van der Waals surface area contributed by atoms with Crippen LogP contribution in [0.5, 0.6) is 0 Å². The van der Waals surface area contributed by atoms with E-state index in [1.54, 1.807) is 12.4 Å². The van der Waals surface area contributed by atoms with Gasteiger partial charge in [-0.05, 0) is 37.4 Å².